The van der Waals surface area contributed by atoms with Crippen LogP contribution in [-0.2, 0) is 6.42 Å². The fraction of sp³-hybridized carbons (Fsp3) is 0.571. The third kappa shape index (κ3) is 2.60. The molecule has 2 rings (SSSR count). The molecule has 15 heavy (non-hydrogen) atoms. The molecular weight excluding hydrogens is 182 g/mol. The quantitative estimate of drug-likeness (QED) is 0.729. The molecule has 1 saturated heterocycles. The predicted molar refractivity (Wildman–Crippen MR) is 65.0 cm³/mol. The van der Waals surface area contributed by atoms with E-state index in [1.165, 1.54) is 31.4 Å². The number of likely N-dealkylation sites (tertiary alicyclic amines) is 1. The van der Waals surface area contributed by atoms with E-state index in [0.29, 0.717) is 6.04 Å². The van der Waals surface area contributed by atoms with Crippen LogP contribution in [0.1, 0.15) is 32.3 Å². The molecule has 1 heterocycles. The summed E-state index contributed by atoms with van der Waals surface area (Å²) < 4.78 is 0. The zero-order valence-corrected chi connectivity index (χ0v) is 9.82. The lowest BCUT2D eigenvalue weighted by Gasteiger charge is -2.28. The van der Waals surface area contributed by atoms with Gasteiger partial charge in [-0.2, -0.15) is 0 Å². The Morgan fingerprint density at radius 3 is 2.67 bits per heavy atom. The Balaban J connectivity index is 2.00. The van der Waals surface area contributed by atoms with E-state index in [2.05, 4.69) is 49.1 Å². The summed E-state index contributed by atoms with van der Waals surface area (Å²) in [5, 5.41) is 0. The fourth-order valence-corrected chi connectivity index (χ4v) is 2.64. The molecule has 1 aromatic carbocycles. The van der Waals surface area contributed by atoms with Crippen LogP contribution in [0.5, 0.6) is 0 Å². The van der Waals surface area contributed by atoms with E-state index in [0.717, 1.165) is 6.04 Å². The number of benzene rings is 1. The molecule has 0 aromatic heterocycles. The number of hydrogen-bond donors (Lipinski definition) is 0. The molecule has 0 unspecified atom stereocenters. The summed E-state index contributed by atoms with van der Waals surface area (Å²) in [5.41, 5.74) is 1.48. The smallest absolute Gasteiger partial charge is 0.0139 e. The molecule has 1 aromatic rings. The van der Waals surface area contributed by atoms with Gasteiger partial charge in [0.1, 0.15) is 0 Å². The monoisotopic (exact) mass is 203 g/mol. The van der Waals surface area contributed by atoms with E-state index in [-0.39, 0.29) is 0 Å². The lowest BCUT2D eigenvalue weighted by molar-refractivity contribution is 0.203. The van der Waals surface area contributed by atoms with Gasteiger partial charge in [-0.3, -0.25) is 4.90 Å². The van der Waals surface area contributed by atoms with E-state index in [1.807, 2.05) is 0 Å². The van der Waals surface area contributed by atoms with E-state index in [9.17, 15) is 0 Å². The minimum Gasteiger partial charge on any atom is -0.298 e. The number of rotatable bonds is 3. The van der Waals surface area contributed by atoms with Crippen molar-refractivity contribution in [3.05, 3.63) is 35.9 Å². The highest BCUT2D eigenvalue weighted by molar-refractivity contribution is 5.16. The Labute approximate surface area is 93.1 Å². The first-order valence-corrected chi connectivity index (χ1v) is 6.07. The molecule has 1 aliphatic rings. The molecule has 0 N–H and O–H groups in total. The molecule has 0 spiro atoms. The molecule has 0 radical (unpaired) electrons. The van der Waals surface area contributed by atoms with Crippen LogP contribution in [0.2, 0.25) is 0 Å². The second-order valence-electron chi connectivity index (χ2n) is 4.82. The van der Waals surface area contributed by atoms with Gasteiger partial charge in [0, 0.05) is 12.1 Å². The molecular formula is C14H21N. The average Bonchev–Trinajstić information content (AvgIpc) is 2.67. The zero-order chi connectivity index (χ0) is 10.7. The normalized spacial score (nSPS) is 22.5. The van der Waals surface area contributed by atoms with Gasteiger partial charge in [0.15, 0.2) is 0 Å². The van der Waals surface area contributed by atoms with Crippen molar-refractivity contribution in [1.29, 1.82) is 0 Å². The minimum atomic E-state index is 0.696. The second kappa shape index (κ2) is 4.80. The van der Waals surface area contributed by atoms with Gasteiger partial charge in [-0.25, -0.2) is 0 Å². The standard InChI is InChI=1S/C14H21N/c1-12(2)15-10-6-9-14(15)11-13-7-4-3-5-8-13/h3-5,7-8,12,14H,6,9-11H2,1-2H3/t14-/m0/s1. The van der Waals surface area contributed by atoms with E-state index in [4.69, 9.17) is 0 Å². The Kier molecular flexibility index (Phi) is 3.42. The SMILES string of the molecule is CC(C)N1CCC[C@H]1Cc1ccccc1. The van der Waals surface area contributed by atoms with Crippen LogP contribution in [0.25, 0.3) is 0 Å². The molecule has 0 bridgehead atoms. The largest absolute Gasteiger partial charge is 0.298 e. The first kappa shape index (κ1) is 10.7. The van der Waals surface area contributed by atoms with Crippen molar-refractivity contribution in [2.75, 3.05) is 6.54 Å². The highest BCUT2D eigenvalue weighted by Gasteiger charge is 2.26. The van der Waals surface area contributed by atoms with Crippen LogP contribution in [-0.4, -0.2) is 23.5 Å². The summed E-state index contributed by atoms with van der Waals surface area (Å²) in [6.07, 6.45) is 3.96. The molecule has 0 saturated carbocycles. The number of hydrogen-bond acceptors (Lipinski definition) is 1. The highest BCUT2D eigenvalue weighted by atomic mass is 15.2. The third-order valence-electron chi connectivity index (χ3n) is 3.40. The van der Waals surface area contributed by atoms with Crippen molar-refractivity contribution in [2.24, 2.45) is 0 Å². The average molecular weight is 203 g/mol. The molecule has 0 aliphatic carbocycles. The topological polar surface area (TPSA) is 3.24 Å². The fourth-order valence-electron chi connectivity index (χ4n) is 2.64. The lowest BCUT2D eigenvalue weighted by Crippen LogP contribution is -2.36. The van der Waals surface area contributed by atoms with E-state index < -0.39 is 0 Å². The van der Waals surface area contributed by atoms with Crippen LogP contribution in [0.4, 0.5) is 0 Å². The Bertz CT molecular complexity index is 291. The summed E-state index contributed by atoms with van der Waals surface area (Å²) in [4.78, 5) is 2.65. The van der Waals surface area contributed by atoms with Gasteiger partial charge in [-0.15, -0.1) is 0 Å². The maximum Gasteiger partial charge on any atom is 0.0139 e. The molecule has 1 nitrogen and oxygen atoms in total. The molecule has 1 aliphatic heterocycles. The van der Waals surface area contributed by atoms with Crippen molar-refractivity contribution in [3.63, 3.8) is 0 Å². The predicted octanol–water partition coefficient (Wildman–Crippen LogP) is 3.10. The summed E-state index contributed by atoms with van der Waals surface area (Å²) in [5.74, 6) is 0. The molecule has 1 atom stereocenters. The van der Waals surface area contributed by atoms with Crippen LogP contribution >= 0.6 is 0 Å². The van der Waals surface area contributed by atoms with Gasteiger partial charge in [-0.1, -0.05) is 30.3 Å². The molecule has 0 amide bonds. The van der Waals surface area contributed by atoms with Crippen molar-refractivity contribution < 1.29 is 0 Å². The van der Waals surface area contributed by atoms with Crippen LogP contribution in [0.3, 0.4) is 0 Å². The van der Waals surface area contributed by atoms with E-state index >= 15 is 0 Å². The summed E-state index contributed by atoms with van der Waals surface area (Å²) >= 11 is 0. The Morgan fingerprint density at radius 1 is 1.27 bits per heavy atom. The van der Waals surface area contributed by atoms with Crippen molar-refractivity contribution in [2.45, 2.75) is 45.2 Å². The first-order chi connectivity index (χ1) is 7.27. The maximum atomic E-state index is 2.65. The van der Waals surface area contributed by atoms with Gasteiger partial charge in [0.25, 0.3) is 0 Å². The molecule has 1 fully saturated rings. The highest BCUT2D eigenvalue weighted by Crippen LogP contribution is 2.23. The lowest BCUT2D eigenvalue weighted by atomic mass is 10.0. The van der Waals surface area contributed by atoms with Crippen LogP contribution in [0.15, 0.2) is 30.3 Å². The third-order valence-corrected chi connectivity index (χ3v) is 3.40. The van der Waals surface area contributed by atoms with E-state index in [1.54, 1.807) is 0 Å². The molecule has 1 heteroatoms. The van der Waals surface area contributed by atoms with Gasteiger partial charge in [0.05, 0.1) is 0 Å². The molecule has 82 valence electrons. The maximum absolute atomic E-state index is 2.65. The summed E-state index contributed by atoms with van der Waals surface area (Å²) in [7, 11) is 0. The number of nitrogens with zero attached hydrogens (tertiary/aromatic N) is 1. The van der Waals surface area contributed by atoms with Crippen LogP contribution in [0, 0.1) is 0 Å². The van der Waals surface area contributed by atoms with Gasteiger partial charge in [-0.05, 0) is 45.2 Å². The van der Waals surface area contributed by atoms with Gasteiger partial charge < -0.3 is 0 Å². The van der Waals surface area contributed by atoms with Gasteiger partial charge >= 0.3 is 0 Å². The van der Waals surface area contributed by atoms with Crippen molar-refractivity contribution in [1.82, 2.24) is 4.90 Å². The van der Waals surface area contributed by atoms with Crippen molar-refractivity contribution >= 4 is 0 Å². The first-order valence-electron chi connectivity index (χ1n) is 6.07. The Hall–Kier alpha value is -0.820. The minimum absolute atomic E-state index is 0.696. The summed E-state index contributed by atoms with van der Waals surface area (Å²) in [6.45, 7) is 5.90. The summed E-state index contributed by atoms with van der Waals surface area (Å²) in [6, 6.07) is 12.3. The van der Waals surface area contributed by atoms with Gasteiger partial charge in [0.2, 0.25) is 0 Å². The Morgan fingerprint density at radius 2 is 2.00 bits per heavy atom. The zero-order valence-electron chi connectivity index (χ0n) is 9.82. The van der Waals surface area contributed by atoms with Crippen molar-refractivity contribution in [3.8, 4) is 0 Å². The second-order valence-corrected chi connectivity index (χ2v) is 4.82. The van der Waals surface area contributed by atoms with Crippen LogP contribution < -0.4 is 0 Å².